The number of nitrogens with zero attached hydrogens (tertiary/aromatic N) is 2. The first-order valence-electron chi connectivity index (χ1n) is 10.4. The normalized spacial score (nSPS) is 11.7. The molecule has 1 amide bonds. The fourth-order valence-corrected chi connectivity index (χ4v) is 3.72. The predicted molar refractivity (Wildman–Crippen MR) is 124 cm³/mol. The Morgan fingerprint density at radius 3 is 2.57 bits per heavy atom. The lowest BCUT2D eigenvalue weighted by Gasteiger charge is -2.08. The highest BCUT2D eigenvalue weighted by Crippen LogP contribution is 2.31. The molecule has 0 aliphatic rings. The fraction of sp³-hybridized carbons (Fsp3) is 0.0833. The second kappa shape index (κ2) is 8.28. The smallest absolute Gasteiger partial charge is 0.396 e. The summed E-state index contributed by atoms with van der Waals surface area (Å²) < 4.78 is 37.9. The van der Waals surface area contributed by atoms with E-state index in [-0.39, 0.29) is 23.5 Å². The molecule has 0 radical (unpaired) electrons. The van der Waals surface area contributed by atoms with Gasteiger partial charge in [0.25, 0.3) is 11.5 Å². The lowest BCUT2D eigenvalue weighted by Crippen LogP contribution is -2.23. The molecule has 3 heterocycles. The number of carbonyl (C=O) groups excluding carboxylic acids is 1. The minimum atomic E-state index is -4.53. The number of benzene rings is 2. The Morgan fingerprint density at radius 1 is 1.03 bits per heavy atom. The molecule has 0 atom stereocenters. The number of hydrogen-bond acceptors (Lipinski definition) is 5. The van der Waals surface area contributed by atoms with E-state index >= 15 is 0 Å². The van der Waals surface area contributed by atoms with E-state index in [1.54, 1.807) is 42.5 Å². The molecular weight excluding hydrogens is 461 g/mol. The maximum atomic E-state index is 12.6. The van der Waals surface area contributed by atoms with Crippen molar-refractivity contribution < 1.29 is 18.0 Å². The van der Waals surface area contributed by atoms with Crippen molar-refractivity contribution in [2.75, 3.05) is 5.73 Å². The number of nitrogens with one attached hydrogen (secondary N) is 3. The average molecular weight is 478 g/mol. The molecule has 0 aliphatic carbocycles. The van der Waals surface area contributed by atoms with Crippen LogP contribution in [0, 0.1) is 0 Å². The number of carbonyl (C=O) groups is 1. The summed E-state index contributed by atoms with van der Waals surface area (Å²) in [5, 5.41) is 3.17. The van der Waals surface area contributed by atoms with Gasteiger partial charge in [-0.15, -0.1) is 0 Å². The van der Waals surface area contributed by atoms with Gasteiger partial charge in [0.1, 0.15) is 5.69 Å². The third-order valence-electron chi connectivity index (χ3n) is 5.51. The fourth-order valence-electron chi connectivity index (χ4n) is 3.72. The summed E-state index contributed by atoms with van der Waals surface area (Å²) in [5.74, 6) is -0.448. The number of alkyl halides is 3. The highest BCUT2D eigenvalue weighted by molar-refractivity contribution is 6.04. The van der Waals surface area contributed by atoms with Crippen LogP contribution in [-0.4, -0.2) is 25.8 Å². The number of para-hydroxylation sites is 2. The van der Waals surface area contributed by atoms with Crippen molar-refractivity contribution in [1.82, 2.24) is 25.3 Å². The van der Waals surface area contributed by atoms with Gasteiger partial charge in [-0.3, -0.25) is 14.6 Å². The van der Waals surface area contributed by atoms with Gasteiger partial charge in [-0.05, 0) is 42.0 Å². The van der Waals surface area contributed by atoms with Gasteiger partial charge in [-0.2, -0.15) is 13.2 Å². The van der Waals surface area contributed by atoms with E-state index in [0.717, 1.165) is 12.3 Å². The van der Waals surface area contributed by atoms with Gasteiger partial charge in [-0.1, -0.05) is 18.2 Å². The topological polar surface area (TPSA) is 130 Å². The number of anilines is 1. The van der Waals surface area contributed by atoms with E-state index < -0.39 is 23.3 Å². The van der Waals surface area contributed by atoms with Crippen molar-refractivity contribution in [2.24, 2.45) is 0 Å². The minimum absolute atomic E-state index is 0.00768. The molecule has 3 aromatic heterocycles. The van der Waals surface area contributed by atoms with E-state index in [2.05, 4.69) is 25.3 Å². The number of nitrogen functional groups attached to an aromatic ring is 1. The van der Waals surface area contributed by atoms with Crippen LogP contribution in [0.15, 0.2) is 65.6 Å². The van der Waals surface area contributed by atoms with Crippen LogP contribution < -0.4 is 16.6 Å². The average Bonchev–Trinajstić information content (AvgIpc) is 3.17. The van der Waals surface area contributed by atoms with Crippen molar-refractivity contribution in [3.8, 4) is 11.4 Å². The quantitative estimate of drug-likeness (QED) is 0.310. The summed E-state index contributed by atoms with van der Waals surface area (Å²) in [6, 6.07) is 14.0. The molecule has 8 nitrogen and oxygen atoms in total. The molecule has 5 aromatic rings. The summed E-state index contributed by atoms with van der Waals surface area (Å²) in [6.07, 6.45) is -3.46. The van der Waals surface area contributed by atoms with E-state index in [0.29, 0.717) is 33.2 Å². The molecule has 0 fully saturated rings. The summed E-state index contributed by atoms with van der Waals surface area (Å²) in [5.41, 5.74) is 8.11. The van der Waals surface area contributed by atoms with E-state index in [1.807, 2.05) is 0 Å². The molecule has 2 aromatic carbocycles. The highest BCUT2D eigenvalue weighted by Gasteiger charge is 2.32. The zero-order chi connectivity index (χ0) is 24.7. The molecule has 176 valence electrons. The molecule has 35 heavy (non-hydrogen) atoms. The van der Waals surface area contributed by atoms with Gasteiger partial charge in [-0.25, -0.2) is 4.98 Å². The van der Waals surface area contributed by atoms with Crippen molar-refractivity contribution in [3.63, 3.8) is 0 Å². The first-order valence-corrected chi connectivity index (χ1v) is 10.4. The van der Waals surface area contributed by atoms with E-state index in [9.17, 15) is 22.8 Å². The van der Waals surface area contributed by atoms with Gasteiger partial charge in [0.2, 0.25) is 0 Å². The summed E-state index contributed by atoms with van der Waals surface area (Å²) in [6.45, 7) is -0.00768. The van der Waals surface area contributed by atoms with Crippen LogP contribution in [0.5, 0.6) is 0 Å². The van der Waals surface area contributed by atoms with Gasteiger partial charge < -0.3 is 21.0 Å². The van der Waals surface area contributed by atoms with Crippen molar-refractivity contribution in [3.05, 3.63) is 88.0 Å². The highest BCUT2D eigenvalue weighted by atomic mass is 19.4. The van der Waals surface area contributed by atoms with Crippen LogP contribution in [0.25, 0.3) is 33.3 Å². The Labute approximate surface area is 195 Å². The first kappa shape index (κ1) is 22.1. The maximum absolute atomic E-state index is 12.6. The molecule has 0 aliphatic heterocycles. The van der Waals surface area contributed by atoms with Crippen molar-refractivity contribution in [1.29, 1.82) is 0 Å². The number of H-pyrrole nitrogens is 2. The van der Waals surface area contributed by atoms with Crippen LogP contribution in [-0.2, 0) is 12.7 Å². The monoisotopic (exact) mass is 478 g/mol. The third kappa shape index (κ3) is 4.19. The molecule has 0 saturated carbocycles. The maximum Gasteiger partial charge on any atom is 0.433 e. The van der Waals surface area contributed by atoms with Crippen LogP contribution in [0.4, 0.5) is 18.9 Å². The number of aromatic amines is 2. The number of pyridine rings is 1. The van der Waals surface area contributed by atoms with Gasteiger partial charge >= 0.3 is 6.18 Å². The summed E-state index contributed by atoms with van der Waals surface area (Å²) in [4.78, 5) is 38.9. The summed E-state index contributed by atoms with van der Waals surface area (Å²) in [7, 11) is 0. The van der Waals surface area contributed by atoms with Gasteiger partial charge in [0.05, 0.1) is 22.4 Å². The number of fused-ring (bicyclic) bond motifs is 2. The largest absolute Gasteiger partial charge is 0.433 e. The standard InChI is InChI=1S/C24H17F3N6O2/c25-24(26,27)18-8-5-12(10-29-18)11-30-22(34)13-6-7-15-14(9-13)19(28)20(31-15)21-23(35)33-17-4-2-1-3-16(17)32-21/h1-10,31H,11,28H2,(H,30,34)(H,33,35). The SMILES string of the molecule is Nc1c(-c2nc3ccccc3[nH]c2=O)[nH]c2ccc(C(=O)NCc3ccc(C(F)(F)F)nc3)cc12. The first-order chi connectivity index (χ1) is 16.7. The Kier molecular flexibility index (Phi) is 5.24. The Bertz CT molecular complexity index is 1640. The molecule has 0 spiro atoms. The second-order valence-corrected chi connectivity index (χ2v) is 7.84. The zero-order valence-electron chi connectivity index (χ0n) is 17.9. The molecule has 5 rings (SSSR count). The number of halogens is 3. The van der Waals surface area contributed by atoms with Crippen LogP contribution >= 0.6 is 0 Å². The van der Waals surface area contributed by atoms with Crippen LogP contribution in [0.3, 0.4) is 0 Å². The number of nitrogens with two attached hydrogens (primary N) is 1. The third-order valence-corrected chi connectivity index (χ3v) is 5.51. The van der Waals surface area contributed by atoms with E-state index in [4.69, 9.17) is 5.73 Å². The number of hydrogen-bond donors (Lipinski definition) is 4. The minimum Gasteiger partial charge on any atom is -0.396 e. The van der Waals surface area contributed by atoms with Crippen molar-refractivity contribution >= 4 is 33.5 Å². The number of amides is 1. The molecular formula is C24H17F3N6O2. The molecule has 5 N–H and O–H groups in total. The Hall–Kier alpha value is -4.67. The van der Waals surface area contributed by atoms with Crippen LogP contribution in [0.1, 0.15) is 21.6 Å². The van der Waals surface area contributed by atoms with Gasteiger partial charge in [0.15, 0.2) is 5.69 Å². The Morgan fingerprint density at radius 2 is 1.83 bits per heavy atom. The lowest BCUT2D eigenvalue weighted by atomic mass is 10.1. The Balaban J connectivity index is 1.40. The molecule has 0 bridgehead atoms. The van der Waals surface area contributed by atoms with Crippen LogP contribution in [0.2, 0.25) is 0 Å². The summed E-state index contributed by atoms with van der Waals surface area (Å²) >= 11 is 0. The van der Waals surface area contributed by atoms with E-state index in [1.165, 1.54) is 6.07 Å². The predicted octanol–water partition coefficient (Wildman–Crippen LogP) is 4.00. The zero-order valence-corrected chi connectivity index (χ0v) is 17.9. The molecule has 0 unspecified atom stereocenters. The number of rotatable bonds is 4. The van der Waals surface area contributed by atoms with Gasteiger partial charge in [0, 0.05) is 29.2 Å². The number of aromatic nitrogens is 4. The lowest BCUT2D eigenvalue weighted by molar-refractivity contribution is -0.141. The van der Waals surface area contributed by atoms with Crippen molar-refractivity contribution in [2.45, 2.75) is 12.7 Å². The molecule has 11 heteroatoms. The molecule has 0 saturated heterocycles. The second-order valence-electron chi connectivity index (χ2n) is 7.84.